The summed E-state index contributed by atoms with van der Waals surface area (Å²) in [5.41, 5.74) is 2.08. The zero-order valence-corrected chi connectivity index (χ0v) is 13.9. The number of aromatic nitrogens is 2. The summed E-state index contributed by atoms with van der Waals surface area (Å²) < 4.78 is 33.3. The van der Waals surface area contributed by atoms with Crippen LogP contribution in [-0.2, 0) is 10.0 Å². The van der Waals surface area contributed by atoms with Gasteiger partial charge in [0.25, 0.3) is 0 Å². The Kier molecular flexibility index (Phi) is 4.08. The van der Waals surface area contributed by atoms with Crippen LogP contribution in [0.3, 0.4) is 0 Å². The first-order valence-corrected chi connectivity index (χ1v) is 8.48. The second-order valence-corrected chi connectivity index (χ2v) is 6.58. The fourth-order valence-corrected chi connectivity index (χ4v) is 2.93. The van der Waals surface area contributed by atoms with E-state index in [1.165, 1.54) is 18.5 Å². The summed E-state index contributed by atoms with van der Waals surface area (Å²) in [7, 11) is -0.630. The molecule has 0 radical (unpaired) electrons. The van der Waals surface area contributed by atoms with E-state index in [0.717, 1.165) is 10.9 Å². The smallest absolute Gasteiger partial charge is 0.238 e. The van der Waals surface area contributed by atoms with Crippen LogP contribution in [0.25, 0.3) is 22.2 Å². The third kappa shape index (κ3) is 2.89. The van der Waals surface area contributed by atoms with Gasteiger partial charge in [0.05, 0.1) is 30.3 Å². The van der Waals surface area contributed by atoms with Crippen molar-refractivity contribution >= 4 is 20.9 Å². The first-order chi connectivity index (χ1) is 11.4. The van der Waals surface area contributed by atoms with Crippen LogP contribution >= 0.6 is 0 Å². The minimum Gasteiger partial charge on any atom is -0.493 e. The van der Waals surface area contributed by atoms with Gasteiger partial charge in [0.1, 0.15) is 6.33 Å². The van der Waals surface area contributed by atoms with E-state index in [1.54, 1.807) is 38.5 Å². The van der Waals surface area contributed by atoms with Crippen LogP contribution in [0, 0.1) is 0 Å². The van der Waals surface area contributed by atoms with Crippen molar-refractivity contribution < 1.29 is 17.9 Å². The Bertz CT molecular complexity index is 1000. The zero-order valence-electron chi connectivity index (χ0n) is 13.1. The van der Waals surface area contributed by atoms with Gasteiger partial charge in [0, 0.05) is 17.0 Å². The van der Waals surface area contributed by atoms with Gasteiger partial charge >= 0.3 is 0 Å². The fraction of sp³-hybridized carbons (Fsp3) is 0.125. The Hall–Kier alpha value is -2.71. The Morgan fingerprint density at radius 1 is 0.958 bits per heavy atom. The molecule has 2 N–H and O–H groups in total. The maximum atomic E-state index is 11.4. The highest BCUT2D eigenvalue weighted by atomic mass is 32.2. The van der Waals surface area contributed by atoms with Crippen molar-refractivity contribution in [1.82, 2.24) is 9.97 Å². The molecule has 3 rings (SSSR count). The van der Waals surface area contributed by atoms with E-state index in [1.807, 2.05) is 0 Å². The van der Waals surface area contributed by atoms with Crippen LogP contribution in [0.5, 0.6) is 11.5 Å². The van der Waals surface area contributed by atoms with E-state index < -0.39 is 10.0 Å². The molecule has 0 saturated heterocycles. The van der Waals surface area contributed by atoms with E-state index in [9.17, 15) is 8.42 Å². The van der Waals surface area contributed by atoms with Crippen molar-refractivity contribution in [3.05, 3.63) is 42.7 Å². The SMILES string of the molecule is COc1cc2ncnc(-c3ccc(S(N)(=O)=O)cc3)c2cc1OC. The lowest BCUT2D eigenvalue weighted by Gasteiger charge is -2.11. The summed E-state index contributed by atoms with van der Waals surface area (Å²) in [5.74, 6) is 1.13. The summed E-state index contributed by atoms with van der Waals surface area (Å²) >= 11 is 0. The summed E-state index contributed by atoms with van der Waals surface area (Å²) in [5, 5.41) is 5.88. The molecule has 124 valence electrons. The molecule has 0 aliphatic carbocycles. The van der Waals surface area contributed by atoms with Crippen LogP contribution in [0.2, 0.25) is 0 Å². The van der Waals surface area contributed by atoms with Gasteiger partial charge < -0.3 is 9.47 Å². The van der Waals surface area contributed by atoms with Gasteiger partial charge in [-0.1, -0.05) is 12.1 Å². The average molecular weight is 345 g/mol. The third-order valence-corrected chi connectivity index (χ3v) is 4.53. The van der Waals surface area contributed by atoms with Gasteiger partial charge in [0.2, 0.25) is 10.0 Å². The molecule has 3 aromatic rings. The monoisotopic (exact) mass is 345 g/mol. The summed E-state index contributed by atoms with van der Waals surface area (Å²) in [6, 6.07) is 9.74. The molecule has 0 fully saturated rings. The predicted molar refractivity (Wildman–Crippen MR) is 89.5 cm³/mol. The van der Waals surface area contributed by atoms with E-state index in [4.69, 9.17) is 14.6 Å². The molecule has 0 unspecified atom stereocenters. The molecule has 0 aliphatic rings. The Balaban J connectivity index is 2.19. The van der Waals surface area contributed by atoms with E-state index in [-0.39, 0.29) is 4.90 Å². The van der Waals surface area contributed by atoms with Gasteiger partial charge in [-0.15, -0.1) is 0 Å². The van der Waals surface area contributed by atoms with Crippen molar-refractivity contribution in [2.24, 2.45) is 5.14 Å². The highest BCUT2D eigenvalue weighted by Crippen LogP contribution is 2.35. The molecule has 7 nitrogen and oxygen atoms in total. The predicted octanol–water partition coefficient (Wildman–Crippen LogP) is 1.96. The number of nitrogens with zero attached hydrogens (tertiary/aromatic N) is 2. The largest absolute Gasteiger partial charge is 0.493 e. The summed E-state index contributed by atoms with van der Waals surface area (Å²) in [4.78, 5) is 8.60. The highest BCUT2D eigenvalue weighted by Gasteiger charge is 2.13. The lowest BCUT2D eigenvalue weighted by Crippen LogP contribution is -2.11. The van der Waals surface area contributed by atoms with Gasteiger partial charge in [-0.05, 0) is 18.2 Å². The second kappa shape index (κ2) is 6.06. The quantitative estimate of drug-likeness (QED) is 0.775. The standard InChI is InChI=1S/C16H15N3O4S/c1-22-14-7-12-13(8-15(14)23-2)18-9-19-16(12)10-3-5-11(6-4-10)24(17,20)21/h3-9H,1-2H3,(H2,17,20,21). The van der Waals surface area contributed by atoms with Crippen LogP contribution in [0.4, 0.5) is 0 Å². The van der Waals surface area contributed by atoms with Crippen molar-refractivity contribution in [1.29, 1.82) is 0 Å². The molecule has 0 amide bonds. The summed E-state index contributed by atoms with van der Waals surface area (Å²) in [6.07, 6.45) is 1.44. The maximum absolute atomic E-state index is 11.4. The molecule has 1 heterocycles. The number of nitrogens with two attached hydrogens (primary N) is 1. The molecule has 0 saturated carbocycles. The number of hydrogen-bond acceptors (Lipinski definition) is 6. The molecule has 0 aliphatic heterocycles. The lowest BCUT2D eigenvalue weighted by atomic mass is 10.1. The van der Waals surface area contributed by atoms with Gasteiger partial charge in [-0.25, -0.2) is 23.5 Å². The minimum atomic E-state index is -3.73. The second-order valence-electron chi connectivity index (χ2n) is 5.02. The first-order valence-electron chi connectivity index (χ1n) is 6.94. The Labute approximate surface area is 139 Å². The number of sulfonamides is 1. The van der Waals surface area contributed by atoms with Crippen LogP contribution in [-0.4, -0.2) is 32.6 Å². The number of hydrogen-bond donors (Lipinski definition) is 1. The topological polar surface area (TPSA) is 104 Å². The highest BCUT2D eigenvalue weighted by molar-refractivity contribution is 7.89. The zero-order chi connectivity index (χ0) is 17.3. The van der Waals surface area contributed by atoms with E-state index in [0.29, 0.717) is 22.7 Å². The number of benzene rings is 2. The fourth-order valence-electron chi connectivity index (χ4n) is 2.42. The molecular formula is C16H15N3O4S. The normalized spacial score (nSPS) is 11.5. The number of ether oxygens (including phenoxy) is 2. The third-order valence-electron chi connectivity index (χ3n) is 3.60. The number of rotatable bonds is 4. The molecule has 1 aromatic heterocycles. The van der Waals surface area contributed by atoms with Gasteiger partial charge in [0.15, 0.2) is 11.5 Å². The van der Waals surface area contributed by atoms with Gasteiger partial charge in [-0.3, -0.25) is 0 Å². The van der Waals surface area contributed by atoms with E-state index in [2.05, 4.69) is 9.97 Å². The molecule has 0 spiro atoms. The van der Waals surface area contributed by atoms with Gasteiger partial charge in [-0.2, -0.15) is 0 Å². The van der Waals surface area contributed by atoms with Crippen LogP contribution in [0.1, 0.15) is 0 Å². The molecule has 2 aromatic carbocycles. The van der Waals surface area contributed by atoms with Crippen molar-refractivity contribution in [3.8, 4) is 22.8 Å². The minimum absolute atomic E-state index is 0.0452. The number of fused-ring (bicyclic) bond motifs is 1. The van der Waals surface area contributed by atoms with Crippen molar-refractivity contribution in [2.45, 2.75) is 4.90 Å². The molecule has 8 heteroatoms. The molecule has 0 bridgehead atoms. The maximum Gasteiger partial charge on any atom is 0.238 e. The number of primary sulfonamides is 1. The Morgan fingerprint density at radius 2 is 1.58 bits per heavy atom. The van der Waals surface area contributed by atoms with Crippen molar-refractivity contribution in [3.63, 3.8) is 0 Å². The van der Waals surface area contributed by atoms with E-state index >= 15 is 0 Å². The molecular weight excluding hydrogens is 330 g/mol. The average Bonchev–Trinajstić information content (AvgIpc) is 2.59. The van der Waals surface area contributed by atoms with Crippen LogP contribution in [0.15, 0.2) is 47.6 Å². The Morgan fingerprint density at radius 3 is 2.17 bits per heavy atom. The lowest BCUT2D eigenvalue weighted by molar-refractivity contribution is 0.356. The van der Waals surface area contributed by atoms with Crippen molar-refractivity contribution in [2.75, 3.05) is 14.2 Å². The molecule has 24 heavy (non-hydrogen) atoms. The first kappa shape index (κ1) is 16.2. The molecule has 0 atom stereocenters. The number of methoxy groups -OCH3 is 2. The summed E-state index contributed by atoms with van der Waals surface area (Å²) in [6.45, 7) is 0. The van der Waals surface area contributed by atoms with Crippen LogP contribution < -0.4 is 14.6 Å².